The molecule has 0 spiro atoms. The summed E-state index contributed by atoms with van der Waals surface area (Å²) in [5, 5.41) is 25.0. The van der Waals surface area contributed by atoms with Crippen LogP contribution in [0.1, 0.15) is 51.6 Å². The Kier molecular flexibility index (Phi) is 5.94. The molecule has 1 aromatic heterocycles. The zero-order valence-corrected chi connectivity index (χ0v) is 19.3. The minimum Gasteiger partial charge on any atom is -0.477 e. The zero-order valence-electron chi connectivity index (χ0n) is 17.7. The van der Waals surface area contributed by atoms with Gasteiger partial charge < -0.3 is 20.8 Å². The lowest BCUT2D eigenvalue weighted by molar-refractivity contribution is -0.934. The minimum absolute atomic E-state index is 0.172. The monoisotopic (exact) mass is 484 g/mol. The van der Waals surface area contributed by atoms with Crippen molar-refractivity contribution < 1.29 is 34.0 Å². The second-order valence-corrected chi connectivity index (χ2v) is 11.5. The molecule has 13 heteroatoms. The molecule has 2 amide bonds. The number of carbonyl (C=O) groups excluding carboxylic acids is 2. The van der Waals surface area contributed by atoms with E-state index < -0.39 is 32.6 Å². The number of aliphatic carboxylic acids is 1. The SMILES string of the molecule is CC1(C)S[C@@H]2CC(=O)[N+]2(NC(=O)C(=NOC2CCC(O)CC2)c2csc(N)n2)[C@H]1C(=O)O. The first-order chi connectivity index (χ1) is 15.0. The normalized spacial score (nSPS) is 33.8. The number of anilines is 1. The molecule has 0 bridgehead atoms. The first-order valence-corrected chi connectivity index (χ1v) is 12.1. The van der Waals surface area contributed by atoms with E-state index in [1.54, 1.807) is 19.2 Å². The number of quaternary nitrogens is 1. The number of carboxylic acids is 1. The van der Waals surface area contributed by atoms with Crippen molar-refractivity contribution in [2.24, 2.45) is 5.16 Å². The van der Waals surface area contributed by atoms with Crippen molar-refractivity contribution in [2.75, 3.05) is 5.73 Å². The summed E-state index contributed by atoms with van der Waals surface area (Å²) >= 11 is 2.49. The van der Waals surface area contributed by atoms with Crippen LogP contribution < -0.4 is 11.2 Å². The predicted octanol–water partition coefficient (Wildman–Crippen LogP) is 0.832. The highest BCUT2D eigenvalue weighted by Crippen LogP contribution is 2.55. The molecule has 11 nitrogen and oxygen atoms in total. The number of rotatable bonds is 6. The van der Waals surface area contributed by atoms with Gasteiger partial charge in [0, 0.05) is 5.38 Å². The summed E-state index contributed by atoms with van der Waals surface area (Å²) in [6.45, 7) is 3.51. The first kappa shape index (κ1) is 23.0. The molecule has 174 valence electrons. The van der Waals surface area contributed by atoms with E-state index in [0.29, 0.717) is 25.7 Å². The summed E-state index contributed by atoms with van der Waals surface area (Å²) in [7, 11) is 0. The van der Waals surface area contributed by atoms with Gasteiger partial charge in [0.25, 0.3) is 0 Å². The smallest absolute Gasteiger partial charge is 0.367 e. The number of nitrogens with zero attached hydrogens (tertiary/aromatic N) is 3. The van der Waals surface area contributed by atoms with E-state index in [0.717, 1.165) is 11.3 Å². The summed E-state index contributed by atoms with van der Waals surface area (Å²) in [5.74, 6) is -2.28. The lowest BCUT2D eigenvalue weighted by Gasteiger charge is -2.45. The lowest BCUT2D eigenvalue weighted by Crippen LogP contribution is -2.79. The highest BCUT2D eigenvalue weighted by Gasteiger charge is 2.75. The van der Waals surface area contributed by atoms with Crippen LogP contribution in [0.5, 0.6) is 0 Å². The van der Waals surface area contributed by atoms with Crippen LogP contribution in [0.25, 0.3) is 0 Å². The third kappa shape index (κ3) is 3.87. The number of nitrogens with two attached hydrogens (primary N) is 1. The molecule has 1 aliphatic carbocycles. The highest BCUT2D eigenvalue weighted by atomic mass is 32.2. The molecular formula is C19H26N5O6S2+. The number of β-lactam (4-membered cyclic amide) rings is 1. The molecule has 3 aliphatic rings. The molecule has 1 aromatic rings. The second-order valence-electron chi connectivity index (χ2n) is 8.78. The van der Waals surface area contributed by atoms with Gasteiger partial charge in [0.05, 0.1) is 10.9 Å². The van der Waals surface area contributed by atoms with Crippen molar-refractivity contribution in [1.29, 1.82) is 0 Å². The van der Waals surface area contributed by atoms with Gasteiger partial charge in [0.15, 0.2) is 16.2 Å². The van der Waals surface area contributed by atoms with E-state index in [-0.39, 0.29) is 41.1 Å². The number of carboxylic acid groups (broad SMARTS) is 1. The quantitative estimate of drug-likeness (QED) is 0.198. The van der Waals surface area contributed by atoms with E-state index in [2.05, 4.69) is 15.6 Å². The van der Waals surface area contributed by atoms with Crippen LogP contribution in [-0.4, -0.2) is 71.7 Å². The van der Waals surface area contributed by atoms with Gasteiger partial charge in [-0.1, -0.05) is 16.9 Å². The summed E-state index contributed by atoms with van der Waals surface area (Å²) in [5.41, 5.74) is 8.39. The fourth-order valence-electron chi connectivity index (χ4n) is 4.60. The fraction of sp³-hybridized carbons (Fsp3) is 0.632. The lowest BCUT2D eigenvalue weighted by atomic mass is 9.95. The number of fused-ring (bicyclic) bond motifs is 1. The van der Waals surface area contributed by atoms with E-state index in [4.69, 9.17) is 10.6 Å². The largest absolute Gasteiger partial charge is 0.477 e. The summed E-state index contributed by atoms with van der Waals surface area (Å²) in [6, 6.07) is -1.15. The van der Waals surface area contributed by atoms with Gasteiger partial charge in [-0.3, -0.25) is 4.79 Å². The Morgan fingerprint density at radius 1 is 1.34 bits per heavy atom. The topological polar surface area (TPSA) is 164 Å². The summed E-state index contributed by atoms with van der Waals surface area (Å²) in [6.07, 6.45) is 1.87. The number of thioether (sulfide) groups is 1. The molecule has 0 aromatic carbocycles. The van der Waals surface area contributed by atoms with Crippen LogP contribution >= 0.6 is 23.1 Å². The van der Waals surface area contributed by atoms with E-state index in [1.165, 1.54) is 11.8 Å². The Balaban J connectivity index is 1.62. The molecule has 1 saturated carbocycles. The van der Waals surface area contributed by atoms with Crippen LogP contribution in [0.2, 0.25) is 0 Å². The number of oxime groups is 1. The zero-order chi connectivity index (χ0) is 23.3. The number of thiazole rings is 1. The van der Waals surface area contributed by atoms with Gasteiger partial charge in [-0.15, -0.1) is 15.9 Å². The molecule has 3 heterocycles. The van der Waals surface area contributed by atoms with Crippen LogP contribution in [0, 0.1) is 0 Å². The molecule has 1 unspecified atom stereocenters. The Bertz CT molecular complexity index is 973. The van der Waals surface area contributed by atoms with Crippen LogP contribution in [0.3, 0.4) is 0 Å². The van der Waals surface area contributed by atoms with Gasteiger partial charge in [-0.05, 0) is 39.5 Å². The molecule has 3 atom stereocenters. The number of hydrogen-bond donors (Lipinski definition) is 4. The average molecular weight is 485 g/mol. The maximum absolute atomic E-state index is 13.3. The van der Waals surface area contributed by atoms with Crippen molar-refractivity contribution in [1.82, 2.24) is 10.4 Å². The van der Waals surface area contributed by atoms with Crippen molar-refractivity contribution in [3.8, 4) is 0 Å². The Morgan fingerprint density at radius 3 is 2.59 bits per heavy atom. The maximum Gasteiger partial charge on any atom is 0.367 e. The molecule has 5 N–H and O–H groups in total. The fourth-order valence-corrected chi connectivity index (χ4v) is 6.93. The average Bonchev–Trinajstić information content (AvgIpc) is 3.20. The van der Waals surface area contributed by atoms with Gasteiger partial charge in [-0.2, -0.15) is 5.43 Å². The van der Waals surface area contributed by atoms with Crippen molar-refractivity contribution in [3.63, 3.8) is 0 Å². The number of amides is 2. The molecule has 2 saturated heterocycles. The highest BCUT2D eigenvalue weighted by molar-refractivity contribution is 8.01. The molecule has 4 rings (SSSR count). The maximum atomic E-state index is 13.3. The number of hydrogen-bond acceptors (Lipinski definition) is 10. The predicted molar refractivity (Wildman–Crippen MR) is 117 cm³/mol. The standard InChI is InChI=1S/C19H25N5O6S2/c1-19(2)15(17(28)29)24(12(26)7-13(24)32-19)22-16(27)14(11-8-31-18(20)21-11)23-30-10-5-3-9(25)4-6-10/h8-10,13,15,25H,3-7H2,1-2H3,(H3-,20,21,22,27,28,29)/p+1/t9?,10?,13-,15+,24?/m1/s1. The van der Waals surface area contributed by atoms with Gasteiger partial charge in [0.1, 0.15) is 18.2 Å². The number of aliphatic hydroxyl groups excluding tert-OH is 1. The second kappa shape index (κ2) is 8.28. The number of aromatic nitrogens is 1. The summed E-state index contributed by atoms with van der Waals surface area (Å²) in [4.78, 5) is 47.9. The van der Waals surface area contributed by atoms with Crippen LogP contribution in [0.4, 0.5) is 5.13 Å². The molecule has 3 fully saturated rings. The molecule has 0 radical (unpaired) electrons. The third-order valence-corrected chi connectivity index (χ3v) is 8.43. The summed E-state index contributed by atoms with van der Waals surface area (Å²) < 4.78 is -1.43. The number of aliphatic hydroxyl groups is 1. The van der Waals surface area contributed by atoms with E-state index in [1.807, 2.05) is 0 Å². The minimum atomic E-state index is -1.16. The van der Waals surface area contributed by atoms with Crippen molar-refractivity contribution in [2.45, 2.75) is 74.3 Å². The number of nitrogen functional groups attached to an aromatic ring is 1. The van der Waals surface area contributed by atoms with Gasteiger partial charge in [-0.25, -0.2) is 14.6 Å². The molecule has 32 heavy (non-hydrogen) atoms. The Morgan fingerprint density at radius 2 is 2.03 bits per heavy atom. The van der Waals surface area contributed by atoms with E-state index >= 15 is 0 Å². The van der Waals surface area contributed by atoms with Crippen molar-refractivity contribution >= 4 is 51.7 Å². The van der Waals surface area contributed by atoms with Crippen LogP contribution in [-0.2, 0) is 19.2 Å². The van der Waals surface area contributed by atoms with Crippen LogP contribution in [0.15, 0.2) is 10.5 Å². The van der Waals surface area contributed by atoms with Gasteiger partial charge >= 0.3 is 17.8 Å². The van der Waals surface area contributed by atoms with Gasteiger partial charge in [0.2, 0.25) is 6.04 Å². The molecule has 2 aliphatic heterocycles. The molecular weight excluding hydrogens is 458 g/mol. The Hall–Kier alpha value is -2.22. The Labute approximate surface area is 192 Å². The number of carbonyl (C=O) groups is 3. The number of nitrogens with one attached hydrogen (secondary N) is 1. The first-order valence-electron chi connectivity index (χ1n) is 10.3. The third-order valence-electron chi connectivity index (χ3n) is 6.16. The van der Waals surface area contributed by atoms with E-state index in [9.17, 15) is 24.6 Å². The van der Waals surface area contributed by atoms with Crippen molar-refractivity contribution in [3.05, 3.63) is 11.1 Å².